The third kappa shape index (κ3) is 3.84. The van der Waals surface area contributed by atoms with E-state index in [1.807, 2.05) is 31.2 Å². The molecule has 0 aliphatic heterocycles. The van der Waals surface area contributed by atoms with Gasteiger partial charge in [0.05, 0.1) is 17.6 Å². The van der Waals surface area contributed by atoms with Crippen molar-refractivity contribution >= 4 is 17.0 Å². The summed E-state index contributed by atoms with van der Waals surface area (Å²) >= 11 is 0. The molecule has 0 spiro atoms. The van der Waals surface area contributed by atoms with Crippen LogP contribution in [0.2, 0.25) is 0 Å². The third-order valence-electron chi connectivity index (χ3n) is 2.63. The molecule has 2 rings (SSSR count). The SMILES string of the molecule is C=C(C)CN=C(N)NCCc1nc2ccccc2[nH]1. The van der Waals surface area contributed by atoms with Crippen molar-refractivity contribution in [3.63, 3.8) is 0 Å². The molecule has 0 fully saturated rings. The first-order valence-corrected chi connectivity index (χ1v) is 6.27. The average molecular weight is 257 g/mol. The molecule has 0 aliphatic carbocycles. The number of hydrogen-bond donors (Lipinski definition) is 3. The summed E-state index contributed by atoms with van der Waals surface area (Å²) < 4.78 is 0. The maximum absolute atomic E-state index is 5.73. The zero-order chi connectivity index (χ0) is 13.7. The zero-order valence-corrected chi connectivity index (χ0v) is 11.1. The van der Waals surface area contributed by atoms with Crippen molar-refractivity contribution in [3.05, 3.63) is 42.2 Å². The molecule has 0 radical (unpaired) electrons. The topological polar surface area (TPSA) is 79.1 Å². The first-order valence-electron chi connectivity index (χ1n) is 6.27. The number of benzene rings is 1. The lowest BCUT2D eigenvalue weighted by Gasteiger charge is -2.03. The van der Waals surface area contributed by atoms with Crippen molar-refractivity contribution in [2.75, 3.05) is 13.1 Å². The highest BCUT2D eigenvalue weighted by atomic mass is 15.1. The number of aromatic amines is 1. The summed E-state index contributed by atoms with van der Waals surface area (Å²) in [5.74, 6) is 1.39. The molecule has 0 saturated carbocycles. The second-order valence-electron chi connectivity index (χ2n) is 4.54. The highest BCUT2D eigenvalue weighted by Crippen LogP contribution is 2.10. The van der Waals surface area contributed by atoms with E-state index in [2.05, 4.69) is 26.9 Å². The van der Waals surface area contributed by atoms with Gasteiger partial charge in [0.1, 0.15) is 5.82 Å². The molecule has 0 aliphatic rings. The summed E-state index contributed by atoms with van der Waals surface area (Å²) in [4.78, 5) is 11.9. The number of aromatic nitrogens is 2. The van der Waals surface area contributed by atoms with Gasteiger partial charge in [-0.3, -0.25) is 0 Å². The van der Waals surface area contributed by atoms with Crippen molar-refractivity contribution in [3.8, 4) is 0 Å². The Morgan fingerprint density at radius 1 is 1.47 bits per heavy atom. The molecule has 0 amide bonds. The molecule has 5 heteroatoms. The number of aliphatic imine (C=N–C) groups is 1. The van der Waals surface area contributed by atoms with Crippen molar-refractivity contribution in [1.82, 2.24) is 15.3 Å². The lowest BCUT2D eigenvalue weighted by molar-refractivity contribution is 0.817. The Morgan fingerprint density at radius 3 is 3.00 bits per heavy atom. The predicted molar refractivity (Wildman–Crippen MR) is 79.1 cm³/mol. The van der Waals surface area contributed by atoms with E-state index >= 15 is 0 Å². The van der Waals surface area contributed by atoms with E-state index < -0.39 is 0 Å². The molecule has 0 saturated heterocycles. The van der Waals surface area contributed by atoms with Gasteiger partial charge in [-0.25, -0.2) is 9.98 Å². The van der Waals surface area contributed by atoms with Gasteiger partial charge in [-0.2, -0.15) is 0 Å². The number of nitrogens with zero attached hydrogens (tertiary/aromatic N) is 2. The van der Waals surface area contributed by atoms with Crippen LogP contribution >= 0.6 is 0 Å². The monoisotopic (exact) mass is 257 g/mol. The van der Waals surface area contributed by atoms with Gasteiger partial charge in [0.25, 0.3) is 0 Å². The molecule has 100 valence electrons. The maximum atomic E-state index is 5.73. The number of H-pyrrole nitrogens is 1. The number of imidazole rings is 1. The third-order valence-corrected chi connectivity index (χ3v) is 2.63. The fourth-order valence-corrected chi connectivity index (χ4v) is 1.71. The summed E-state index contributed by atoms with van der Waals surface area (Å²) in [5.41, 5.74) is 8.76. The number of rotatable bonds is 5. The number of guanidine groups is 1. The van der Waals surface area contributed by atoms with Gasteiger partial charge in [0.15, 0.2) is 5.96 Å². The molecular weight excluding hydrogens is 238 g/mol. The highest BCUT2D eigenvalue weighted by molar-refractivity contribution is 5.78. The van der Waals surface area contributed by atoms with Gasteiger partial charge in [-0.15, -0.1) is 0 Å². The van der Waals surface area contributed by atoms with E-state index in [0.29, 0.717) is 19.0 Å². The molecule has 1 aromatic heterocycles. The Labute approximate surface area is 112 Å². The van der Waals surface area contributed by atoms with Crippen LogP contribution in [0, 0.1) is 0 Å². The number of fused-ring (bicyclic) bond motifs is 1. The van der Waals surface area contributed by atoms with Gasteiger partial charge in [0, 0.05) is 13.0 Å². The average Bonchev–Trinajstić information content (AvgIpc) is 2.79. The standard InChI is InChI=1S/C14H19N5/c1-10(2)9-17-14(15)16-8-7-13-18-11-5-3-4-6-12(11)19-13/h3-6H,1,7-9H2,2H3,(H,18,19)(H3,15,16,17). The molecule has 4 N–H and O–H groups in total. The predicted octanol–water partition coefficient (Wildman–Crippen LogP) is 1.59. The Kier molecular flexibility index (Phi) is 4.18. The van der Waals surface area contributed by atoms with Crippen LogP contribution in [0.15, 0.2) is 41.4 Å². The minimum absolute atomic E-state index is 0.444. The largest absolute Gasteiger partial charge is 0.370 e. The van der Waals surface area contributed by atoms with Gasteiger partial charge in [0.2, 0.25) is 0 Å². The van der Waals surface area contributed by atoms with Gasteiger partial charge in [-0.05, 0) is 19.1 Å². The lowest BCUT2D eigenvalue weighted by Crippen LogP contribution is -2.33. The van der Waals surface area contributed by atoms with E-state index in [9.17, 15) is 0 Å². The second kappa shape index (κ2) is 6.04. The molecular formula is C14H19N5. The van der Waals surface area contributed by atoms with Crippen LogP contribution in [0.1, 0.15) is 12.7 Å². The van der Waals surface area contributed by atoms with Crippen molar-refractivity contribution < 1.29 is 0 Å². The van der Waals surface area contributed by atoms with Gasteiger partial charge in [-0.1, -0.05) is 24.3 Å². The van der Waals surface area contributed by atoms with Crippen molar-refractivity contribution in [2.45, 2.75) is 13.3 Å². The quantitative estimate of drug-likeness (QED) is 0.432. The van der Waals surface area contributed by atoms with Crippen molar-refractivity contribution in [2.24, 2.45) is 10.7 Å². The summed E-state index contributed by atoms with van der Waals surface area (Å²) in [6.07, 6.45) is 0.776. The minimum atomic E-state index is 0.444. The molecule has 1 aromatic carbocycles. The Balaban J connectivity index is 1.85. The second-order valence-corrected chi connectivity index (χ2v) is 4.54. The van der Waals surface area contributed by atoms with E-state index in [4.69, 9.17) is 5.73 Å². The summed E-state index contributed by atoms with van der Waals surface area (Å²) in [6.45, 7) is 6.95. The van der Waals surface area contributed by atoms with Crippen LogP contribution in [-0.2, 0) is 6.42 Å². The number of para-hydroxylation sites is 2. The van der Waals surface area contributed by atoms with Crippen LogP contribution < -0.4 is 11.1 Å². The number of nitrogens with two attached hydrogens (primary N) is 1. The van der Waals surface area contributed by atoms with E-state index in [1.165, 1.54) is 0 Å². The summed E-state index contributed by atoms with van der Waals surface area (Å²) in [7, 11) is 0. The molecule has 0 atom stereocenters. The van der Waals surface area contributed by atoms with Crippen LogP contribution in [0.3, 0.4) is 0 Å². The first kappa shape index (κ1) is 13.1. The number of hydrogen-bond acceptors (Lipinski definition) is 2. The Bertz CT molecular complexity index is 564. The molecule has 2 aromatic rings. The van der Waals surface area contributed by atoms with Crippen LogP contribution in [-0.4, -0.2) is 29.0 Å². The van der Waals surface area contributed by atoms with E-state index in [0.717, 1.165) is 28.9 Å². The van der Waals surface area contributed by atoms with Gasteiger partial charge >= 0.3 is 0 Å². The summed E-state index contributed by atoms with van der Waals surface area (Å²) in [6, 6.07) is 7.98. The molecule has 19 heavy (non-hydrogen) atoms. The normalized spacial score (nSPS) is 11.7. The highest BCUT2D eigenvalue weighted by Gasteiger charge is 2.01. The Morgan fingerprint density at radius 2 is 2.26 bits per heavy atom. The van der Waals surface area contributed by atoms with E-state index in [-0.39, 0.29) is 0 Å². The fourth-order valence-electron chi connectivity index (χ4n) is 1.71. The minimum Gasteiger partial charge on any atom is -0.370 e. The van der Waals surface area contributed by atoms with Crippen LogP contribution in [0.25, 0.3) is 11.0 Å². The smallest absolute Gasteiger partial charge is 0.188 e. The molecule has 0 unspecified atom stereocenters. The van der Waals surface area contributed by atoms with Crippen LogP contribution in [0.5, 0.6) is 0 Å². The number of nitrogens with one attached hydrogen (secondary N) is 2. The lowest BCUT2D eigenvalue weighted by atomic mass is 10.3. The first-order chi connectivity index (χ1) is 9.15. The molecule has 0 bridgehead atoms. The maximum Gasteiger partial charge on any atom is 0.188 e. The van der Waals surface area contributed by atoms with Crippen molar-refractivity contribution in [1.29, 1.82) is 0 Å². The molecule has 5 nitrogen and oxygen atoms in total. The zero-order valence-electron chi connectivity index (χ0n) is 11.1. The van der Waals surface area contributed by atoms with E-state index in [1.54, 1.807) is 0 Å². The fraction of sp³-hybridized carbons (Fsp3) is 0.286. The summed E-state index contributed by atoms with van der Waals surface area (Å²) in [5, 5.41) is 3.06. The van der Waals surface area contributed by atoms with Crippen LogP contribution in [0.4, 0.5) is 0 Å². The van der Waals surface area contributed by atoms with Gasteiger partial charge < -0.3 is 16.0 Å². The Hall–Kier alpha value is -2.30. The molecule has 1 heterocycles.